The Labute approximate surface area is 123 Å². The van der Waals surface area contributed by atoms with Crippen molar-refractivity contribution in [1.82, 2.24) is 0 Å². The number of hydrogen-bond acceptors (Lipinski definition) is 2. The van der Waals surface area contributed by atoms with Gasteiger partial charge in [0.05, 0.1) is 0 Å². The van der Waals surface area contributed by atoms with Crippen LogP contribution in [0.2, 0.25) is 0 Å². The van der Waals surface area contributed by atoms with E-state index < -0.39 is 0 Å². The van der Waals surface area contributed by atoms with E-state index in [1.807, 2.05) is 25.1 Å². The summed E-state index contributed by atoms with van der Waals surface area (Å²) in [7, 11) is 0. The SMILES string of the molecule is CCC(=O)Nc1ccccc1COc1ccc(C)cc1F. The van der Waals surface area contributed by atoms with Crippen LogP contribution < -0.4 is 10.1 Å². The number of aryl methyl sites for hydroxylation is 1. The Morgan fingerprint density at radius 1 is 1.24 bits per heavy atom. The van der Waals surface area contributed by atoms with Crippen molar-refractivity contribution in [3.8, 4) is 5.75 Å². The molecule has 0 unspecified atom stereocenters. The first-order valence-electron chi connectivity index (χ1n) is 6.87. The average Bonchev–Trinajstić information content (AvgIpc) is 2.47. The minimum atomic E-state index is -0.384. The van der Waals surface area contributed by atoms with Gasteiger partial charge in [0.1, 0.15) is 6.61 Å². The number of carbonyl (C=O) groups is 1. The number of para-hydroxylation sites is 1. The lowest BCUT2D eigenvalue weighted by Crippen LogP contribution is -2.12. The number of benzene rings is 2. The van der Waals surface area contributed by atoms with Crippen molar-refractivity contribution in [2.45, 2.75) is 26.9 Å². The Balaban J connectivity index is 2.11. The van der Waals surface area contributed by atoms with Crippen LogP contribution in [0.1, 0.15) is 24.5 Å². The molecule has 0 aromatic heterocycles. The maximum Gasteiger partial charge on any atom is 0.224 e. The molecule has 0 spiro atoms. The molecule has 0 saturated carbocycles. The van der Waals surface area contributed by atoms with Crippen LogP contribution in [0.4, 0.5) is 10.1 Å². The van der Waals surface area contributed by atoms with Crippen molar-refractivity contribution in [3.05, 3.63) is 59.4 Å². The largest absolute Gasteiger partial charge is 0.486 e. The van der Waals surface area contributed by atoms with Crippen molar-refractivity contribution in [2.24, 2.45) is 0 Å². The molecule has 1 amide bonds. The standard InChI is InChI=1S/C17H18FNO2/c1-3-17(20)19-15-7-5-4-6-13(15)11-21-16-9-8-12(2)10-14(16)18/h4-10H,3,11H2,1-2H3,(H,19,20). The molecule has 2 aromatic rings. The number of anilines is 1. The fourth-order valence-electron chi connectivity index (χ4n) is 1.89. The summed E-state index contributed by atoms with van der Waals surface area (Å²) < 4.78 is 19.2. The van der Waals surface area contributed by atoms with E-state index in [2.05, 4.69) is 5.32 Å². The number of hydrogen-bond donors (Lipinski definition) is 1. The highest BCUT2D eigenvalue weighted by Crippen LogP contribution is 2.22. The Morgan fingerprint density at radius 3 is 2.71 bits per heavy atom. The molecular formula is C17H18FNO2. The number of ether oxygens (including phenoxy) is 1. The molecule has 2 aromatic carbocycles. The van der Waals surface area contributed by atoms with Gasteiger partial charge in [-0.25, -0.2) is 4.39 Å². The van der Waals surface area contributed by atoms with Gasteiger partial charge in [-0.2, -0.15) is 0 Å². The molecule has 0 fully saturated rings. The molecule has 0 aliphatic heterocycles. The number of halogens is 1. The van der Waals surface area contributed by atoms with Crippen LogP contribution in [0.25, 0.3) is 0 Å². The van der Waals surface area contributed by atoms with Crippen LogP contribution >= 0.6 is 0 Å². The zero-order valence-corrected chi connectivity index (χ0v) is 12.2. The van der Waals surface area contributed by atoms with Gasteiger partial charge in [0.15, 0.2) is 11.6 Å². The molecule has 0 aliphatic carbocycles. The maximum atomic E-state index is 13.7. The maximum absolute atomic E-state index is 13.7. The molecule has 4 heteroatoms. The van der Waals surface area contributed by atoms with Crippen LogP contribution in [-0.2, 0) is 11.4 Å². The Kier molecular flexibility index (Phi) is 4.93. The highest BCUT2D eigenvalue weighted by molar-refractivity contribution is 5.91. The third kappa shape index (κ3) is 4.05. The zero-order valence-electron chi connectivity index (χ0n) is 12.2. The lowest BCUT2D eigenvalue weighted by molar-refractivity contribution is -0.115. The van der Waals surface area contributed by atoms with Gasteiger partial charge in [-0.05, 0) is 30.7 Å². The Bertz CT molecular complexity index is 640. The van der Waals surface area contributed by atoms with E-state index in [0.29, 0.717) is 12.1 Å². The van der Waals surface area contributed by atoms with Gasteiger partial charge in [0.2, 0.25) is 5.91 Å². The summed E-state index contributed by atoms with van der Waals surface area (Å²) in [5, 5.41) is 2.81. The minimum Gasteiger partial charge on any atom is -0.486 e. The zero-order chi connectivity index (χ0) is 15.2. The topological polar surface area (TPSA) is 38.3 Å². The van der Waals surface area contributed by atoms with Crippen LogP contribution in [0.3, 0.4) is 0 Å². The van der Waals surface area contributed by atoms with Gasteiger partial charge in [-0.15, -0.1) is 0 Å². The van der Waals surface area contributed by atoms with Crippen molar-refractivity contribution < 1.29 is 13.9 Å². The third-order valence-corrected chi connectivity index (χ3v) is 3.08. The molecule has 3 nitrogen and oxygen atoms in total. The van der Waals surface area contributed by atoms with Crippen LogP contribution in [0, 0.1) is 12.7 Å². The summed E-state index contributed by atoms with van der Waals surface area (Å²) in [6.07, 6.45) is 0.405. The smallest absolute Gasteiger partial charge is 0.224 e. The summed E-state index contributed by atoms with van der Waals surface area (Å²) in [6, 6.07) is 12.2. The van der Waals surface area contributed by atoms with Gasteiger partial charge in [-0.3, -0.25) is 4.79 Å². The Morgan fingerprint density at radius 2 is 2.00 bits per heavy atom. The highest BCUT2D eigenvalue weighted by atomic mass is 19.1. The molecule has 0 heterocycles. The van der Waals surface area contributed by atoms with E-state index >= 15 is 0 Å². The summed E-state index contributed by atoms with van der Waals surface area (Å²) in [6.45, 7) is 3.80. The predicted octanol–water partition coefficient (Wildman–Crippen LogP) is 4.06. The molecule has 0 atom stereocenters. The van der Waals surface area contributed by atoms with Gasteiger partial charge in [-0.1, -0.05) is 31.2 Å². The molecule has 2 rings (SSSR count). The lowest BCUT2D eigenvalue weighted by Gasteiger charge is -2.12. The van der Waals surface area contributed by atoms with Crippen molar-refractivity contribution in [2.75, 3.05) is 5.32 Å². The predicted molar refractivity (Wildman–Crippen MR) is 80.8 cm³/mol. The second kappa shape index (κ2) is 6.88. The first kappa shape index (κ1) is 15.0. The summed E-state index contributed by atoms with van der Waals surface area (Å²) in [5.41, 5.74) is 2.34. The molecule has 0 saturated heterocycles. The molecule has 0 bridgehead atoms. The van der Waals surface area contributed by atoms with E-state index in [4.69, 9.17) is 4.74 Å². The van der Waals surface area contributed by atoms with E-state index in [1.165, 1.54) is 6.07 Å². The number of nitrogens with one attached hydrogen (secondary N) is 1. The lowest BCUT2D eigenvalue weighted by atomic mass is 10.2. The number of amides is 1. The quantitative estimate of drug-likeness (QED) is 0.900. The van der Waals surface area contributed by atoms with Crippen molar-refractivity contribution >= 4 is 11.6 Å². The molecule has 110 valence electrons. The van der Waals surface area contributed by atoms with Gasteiger partial charge in [0.25, 0.3) is 0 Å². The van der Waals surface area contributed by atoms with Gasteiger partial charge >= 0.3 is 0 Å². The van der Waals surface area contributed by atoms with E-state index in [-0.39, 0.29) is 24.1 Å². The second-order valence-corrected chi connectivity index (χ2v) is 4.78. The van der Waals surface area contributed by atoms with E-state index in [0.717, 1.165) is 11.1 Å². The molecule has 0 aliphatic rings. The third-order valence-electron chi connectivity index (χ3n) is 3.08. The highest BCUT2D eigenvalue weighted by Gasteiger charge is 2.08. The molecular weight excluding hydrogens is 269 g/mol. The summed E-state index contributed by atoms with van der Waals surface area (Å²) in [4.78, 5) is 11.5. The minimum absolute atomic E-state index is 0.0658. The van der Waals surface area contributed by atoms with Gasteiger partial charge in [0, 0.05) is 17.7 Å². The summed E-state index contributed by atoms with van der Waals surface area (Å²) in [5.74, 6) is -0.244. The first-order chi connectivity index (χ1) is 10.1. The molecule has 1 N–H and O–H groups in total. The Hall–Kier alpha value is -2.36. The molecule has 21 heavy (non-hydrogen) atoms. The fourth-order valence-corrected chi connectivity index (χ4v) is 1.89. The van der Waals surface area contributed by atoms with Crippen molar-refractivity contribution in [1.29, 1.82) is 0 Å². The van der Waals surface area contributed by atoms with Crippen LogP contribution in [0.5, 0.6) is 5.75 Å². The van der Waals surface area contributed by atoms with Crippen LogP contribution in [-0.4, -0.2) is 5.91 Å². The average molecular weight is 287 g/mol. The fraction of sp³-hybridized carbons (Fsp3) is 0.235. The van der Waals surface area contributed by atoms with Crippen LogP contribution in [0.15, 0.2) is 42.5 Å². The first-order valence-corrected chi connectivity index (χ1v) is 6.87. The monoisotopic (exact) mass is 287 g/mol. The second-order valence-electron chi connectivity index (χ2n) is 4.78. The number of rotatable bonds is 5. The van der Waals surface area contributed by atoms with E-state index in [9.17, 15) is 9.18 Å². The van der Waals surface area contributed by atoms with E-state index in [1.54, 1.807) is 25.1 Å². The number of carbonyl (C=O) groups excluding carboxylic acids is 1. The van der Waals surface area contributed by atoms with Gasteiger partial charge < -0.3 is 10.1 Å². The normalized spacial score (nSPS) is 10.2. The molecule has 0 radical (unpaired) electrons. The van der Waals surface area contributed by atoms with Crippen molar-refractivity contribution in [3.63, 3.8) is 0 Å². The summed E-state index contributed by atoms with van der Waals surface area (Å²) >= 11 is 0.